The lowest BCUT2D eigenvalue weighted by Crippen LogP contribution is -2.27. The number of carbonyl (C=O) groups is 1. The van der Waals surface area contributed by atoms with Crippen molar-refractivity contribution >= 4 is 17.5 Å². The summed E-state index contributed by atoms with van der Waals surface area (Å²) in [7, 11) is 0. The second kappa shape index (κ2) is 7.48. The van der Waals surface area contributed by atoms with Crippen molar-refractivity contribution in [1.82, 2.24) is 20.2 Å². The minimum atomic E-state index is -0.586. The van der Waals surface area contributed by atoms with E-state index in [4.69, 9.17) is 4.42 Å². The highest BCUT2D eigenvalue weighted by atomic mass is 32.2. The van der Waals surface area contributed by atoms with E-state index in [1.165, 1.54) is 24.3 Å². The van der Waals surface area contributed by atoms with Crippen LogP contribution in [-0.2, 0) is 6.42 Å². The maximum absolute atomic E-state index is 12.9. The number of nitrogens with one attached hydrogen (secondary N) is 2. The number of Topliss-reactive ketones (excluding diaryl/α,β-unsaturated/α-hetero) is 1. The molecule has 8 nitrogen and oxygen atoms in total. The van der Waals surface area contributed by atoms with E-state index in [-0.39, 0.29) is 29.1 Å². The van der Waals surface area contributed by atoms with Crippen LogP contribution in [0.1, 0.15) is 27.5 Å². The predicted molar refractivity (Wildman–Crippen MR) is 91.0 cm³/mol. The molecule has 10 heteroatoms. The Kier molecular flexibility index (Phi) is 5.12. The summed E-state index contributed by atoms with van der Waals surface area (Å²) in [6, 6.07) is 5.24. The molecule has 3 rings (SSSR count). The zero-order valence-corrected chi connectivity index (χ0v) is 14.4. The van der Waals surface area contributed by atoms with Crippen molar-refractivity contribution in [3.63, 3.8) is 0 Å². The predicted octanol–water partition coefficient (Wildman–Crippen LogP) is 1.46. The molecule has 0 radical (unpaired) electrons. The van der Waals surface area contributed by atoms with Crippen molar-refractivity contribution in [3.8, 4) is 0 Å². The summed E-state index contributed by atoms with van der Waals surface area (Å²) in [6.45, 7) is 1.60. The Labute approximate surface area is 149 Å². The number of hydrogen-bond donors (Lipinski definition) is 2. The first kappa shape index (κ1) is 17.8. The van der Waals surface area contributed by atoms with Gasteiger partial charge in [-0.05, 0) is 31.2 Å². The second-order valence-electron chi connectivity index (χ2n) is 5.37. The van der Waals surface area contributed by atoms with Gasteiger partial charge >= 0.3 is 5.69 Å². The number of halogens is 1. The molecule has 1 aromatic carbocycles. The average molecular weight is 376 g/mol. The smallest absolute Gasteiger partial charge is 0.325 e. The maximum atomic E-state index is 12.9. The van der Waals surface area contributed by atoms with E-state index in [1.807, 2.05) is 0 Å². The summed E-state index contributed by atoms with van der Waals surface area (Å²) in [6.07, 6.45) is 0.0530. The summed E-state index contributed by atoms with van der Waals surface area (Å²) in [4.78, 5) is 39.7. The SMILES string of the molecule is Cc1[nH]c(=O)[nH]c(=O)c1Cc1nnc(SCC(=O)c2ccc(F)cc2)o1. The van der Waals surface area contributed by atoms with Gasteiger partial charge in [0.1, 0.15) is 5.82 Å². The van der Waals surface area contributed by atoms with E-state index in [0.717, 1.165) is 11.8 Å². The highest BCUT2D eigenvalue weighted by Crippen LogP contribution is 2.19. The Balaban J connectivity index is 1.65. The molecule has 3 aromatic rings. The largest absolute Gasteiger partial charge is 0.416 e. The molecular weight excluding hydrogens is 363 g/mol. The maximum Gasteiger partial charge on any atom is 0.325 e. The molecule has 2 N–H and O–H groups in total. The number of ketones is 1. The number of aromatic amines is 2. The summed E-state index contributed by atoms with van der Waals surface area (Å²) < 4.78 is 18.3. The van der Waals surface area contributed by atoms with Crippen LogP contribution < -0.4 is 11.2 Å². The highest BCUT2D eigenvalue weighted by molar-refractivity contribution is 7.99. The van der Waals surface area contributed by atoms with Crippen LogP contribution in [0.2, 0.25) is 0 Å². The molecular formula is C16H13FN4O4S. The number of hydrogen-bond acceptors (Lipinski definition) is 7. The van der Waals surface area contributed by atoms with Crippen LogP contribution in [0.25, 0.3) is 0 Å². The standard InChI is InChI=1S/C16H13FN4O4S/c1-8-11(14(23)19-15(24)18-8)6-13-20-21-16(25-13)26-7-12(22)9-2-4-10(17)5-3-9/h2-5H,6-7H2,1H3,(H2,18,19,23,24). The molecule has 26 heavy (non-hydrogen) atoms. The van der Waals surface area contributed by atoms with E-state index in [9.17, 15) is 18.8 Å². The monoisotopic (exact) mass is 376 g/mol. The van der Waals surface area contributed by atoms with Gasteiger partial charge in [-0.25, -0.2) is 9.18 Å². The first-order valence-electron chi connectivity index (χ1n) is 7.48. The van der Waals surface area contributed by atoms with Gasteiger partial charge in [0.05, 0.1) is 12.2 Å². The van der Waals surface area contributed by atoms with Gasteiger partial charge in [0.2, 0.25) is 5.89 Å². The first-order valence-corrected chi connectivity index (χ1v) is 8.47. The van der Waals surface area contributed by atoms with Gasteiger partial charge in [0, 0.05) is 16.8 Å². The molecule has 0 unspecified atom stereocenters. The van der Waals surface area contributed by atoms with Crippen molar-refractivity contribution < 1.29 is 13.6 Å². The summed E-state index contributed by atoms with van der Waals surface area (Å²) >= 11 is 1.04. The number of aryl methyl sites for hydroxylation is 1. The topological polar surface area (TPSA) is 122 Å². The van der Waals surface area contributed by atoms with Gasteiger partial charge in [-0.15, -0.1) is 10.2 Å². The third-order valence-electron chi connectivity index (χ3n) is 3.52. The molecule has 0 bridgehead atoms. The van der Waals surface area contributed by atoms with Gasteiger partial charge < -0.3 is 9.40 Å². The fraction of sp³-hybridized carbons (Fsp3) is 0.188. The molecule has 0 amide bonds. The molecule has 2 heterocycles. The van der Waals surface area contributed by atoms with Gasteiger partial charge in [-0.3, -0.25) is 14.6 Å². The van der Waals surface area contributed by atoms with Crippen LogP contribution in [-0.4, -0.2) is 31.7 Å². The minimum Gasteiger partial charge on any atom is -0.416 e. The summed E-state index contributed by atoms with van der Waals surface area (Å²) in [5, 5.41) is 7.83. The fourth-order valence-corrected chi connectivity index (χ4v) is 2.88. The molecule has 0 aliphatic carbocycles. The number of carbonyl (C=O) groups excluding carboxylic acids is 1. The number of thioether (sulfide) groups is 1. The van der Waals surface area contributed by atoms with Crippen molar-refractivity contribution in [2.45, 2.75) is 18.6 Å². The minimum absolute atomic E-state index is 0.0472. The van der Waals surface area contributed by atoms with Crippen molar-refractivity contribution in [2.75, 3.05) is 5.75 Å². The number of nitrogens with zero attached hydrogens (tertiary/aromatic N) is 2. The third kappa shape index (κ3) is 4.14. The zero-order valence-electron chi connectivity index (χ0n) is 13.5. The summed E-state index contributed by atoms with van der Waals surface area (Å²) in [5.74, 6) is -0.390. The lowest BCUT2D eigenvalue weighted by Gasteiger charge is -2.00. The molecule has 0 saturated heterocycles. The molecule has 134 valence electrons. The van der Waals surface area contributed by atoms with Crippen molar-refractivity contribution in [2.24, 2.45) is 0 Å². The molecule has 0 atom stereocenters. The molecule has 0 saturated carbocycles. The van der Waals surface area contributed by atoms with Crippen LogP contribution in [0.5, 0.6) is 0 Å². The van der Waals surface area contributed by atoms with Crippen LogP contribution >= 0.6 is 11.8 Å². The second-order valence-corrected chi connectivity index (χ2v) is 6.30. The van der Waals surface area contributed by atoms with Crippen LogP contribution in [0, 0.1) is 12.7 Å². The van der Waals surface area contributed by atoms with Gasteiger partial charge in [0.25, 0.3) is 10.8 Å². The van der Waals surface area contributed by atoms with Gasteiger partial charge in [-0.1, -0.05) is 11.8 Å². The molecule has 0 aliphatic heterocycles. The van der Waals surface area contributed by atoms with Crippen molar-refractivity contribution in [1.29, 1.82) is 0 Å². The van der Waals surface area contributed by atoms with Crippen LogP contribution in [0.3, 0.4) is 0 Å². The number of aromatic nitrogens is 4. The molecule has 0 aliphatic rings. The van der Waals surface area contributed by atoms with E-state index in [2.05, 4.69) is 20.2 Å². The van der Waals surface area contributed by atoms with E-state index >= 15 is 0 Å². The highest BCUT2D eigenvalue weighted by Gasteiger charge is 2.14. The van der Waals surface area contributed by atoms with E-state index in [1.54, 1.807) is 6.92 Å². The summed E-state index contributed by atoms with van der Waals surface area (Å²) in [5.41, 5.74) is 0.00124. The Morgan fingerprint density at radius 1 is 1.19 bits per heavy atom. The lowest BCUT2D eigenvalue weighted by molar-refractivity contribution is 0.102. The quantitative estimate of drug-likeness (QED) is 0.493. The molecule has 2 aromatic heterocycles. The molecule has 0 fully saturated rings. The molecule has 0 spiro atoms. The third-order valence-corrected chi connectivity index (χ3v) is 4.34. The number of H-pyrrole nitrogens is 2. The Bertz CT molecular complexity index is 1060. The lowest BCUT2D eigenvalue weighted by atomic mass is 10.1. The Hall–Kier alpha value is -3.01. The number of rotatable bonds is 6. The van der Waals surface area contributed by atoms with Gasteiger partial charge in [-0.2, -0.15) is 0 Å². The first-order chi connectivity index (χ1) is 12.4. The number of benzene rings is 1. The van der Waals surface area contributed by atoms with Crippen molar-refractivity contribution in [3.05, 3.63) is 73.6 Å². The van der Waals surface area contributed by atoms with Crippen LogP contribution in [0.4, 0.5) is 4.39 Å². The van der Waals surface area contributed by atoms with Gasteiger partial charge in [0.15, 0.2) is 5.78 Å². The van der Waals surface area contributed by atoms with Crippen LogP contribution in [0.15, 0.2) is 43.5 Å². The Morgan fingerprint density at radius 3 is 2.62 bits per heavy atom. The fourth-order valence-electron chi connectivity index (χ4n) is 2.20. The normalized spacial score (nSPS) is 10.8. The average Bonchev–Trinajstić information content (AvgIpc) is 3.04. The van der Waals surface area contributed by atoms with E-state index < -0.39 is 17.1 Å². The Morgan fingerprint density at radius 2 is 1.92 bits per heavy atom. The van der Waals surface area contributed by atoms with E-state index in [0.29, 0.717) is 16.8 Å². The zero-order chi connectivity index (χ0) is 18.7.